The maximum atomic E-state index is 12.9. The largest absolute Gasteiger partial charge is 0.376 e. The van der Waals surface area contributed by atoms with Crippen molar-refractivity contribution < 1.29 is 17.9 Å². The number of sulfonamides is 1. The normalized spacial score (nSPS) is 25.2. The van der Waals surface area contributed by atoms with E-state index < -0.39 is 10.0 Å². The zero-order valence-electron chi connectivity index (χ0n) is 14.8. The molecule has 2 fully saturated rings. The molecule has 2 saturated heterocycles. The molecule has 1 amide bonds. The first-order chi connectivity index (χ1) is 11.9. The Morgan fingerprint density at radius 2 is 2.20 bits per heavy atom. The van der Waals surface area contributed by atoms with Crippen molar-refractivity contribution in [1.29, 1.82) is 0 Å². The van der Waals surface area contributed by atoms with Crippen LogP contribution in [-0.4, -0.2) is 60.8 Å². The molecule has 2 aliphatic rings. The topological polar surface area (TPSA) is 93.5 Å². The van der Waals surface area contributed by atoms with Crippen molar-refractivity contribution in [1.82, 2.24) is 19.4 Å². The SMILES string of the molecule is Cc1c(S(=O)(=O)N2CCC[C@@H](C(=O)NC[C@@H]3CCCO3)C2)cnn1C. The van der Waals surface area contributed by atoms with Crippen LogP contribution in [0.4, 0.5) is 0 Å². The van der Waals surface area contributed by atoms with Gasteiger partial charge in [-0.3, -0.25) is 9.48 Å². The van der Waals surface area contributed by atoms with Gasteiger partial charge in [-0.2, -0.15) is 9.40 Å². The Kier molecular flexibility index (Phi) is 5.45. The molecule has 0 aliphatic carbocycles. The van der Waals surface area contributed by atoms with E-state index >= 15 is 0 Å². The lowest BCUT2D eigenvalue weighted by Crippen LogP contribution is -2.46. The van der Waals surface area contributed by atoms with Crippen molar-refractivity contribution in [3.8, 4) is 0 Å². The first kappa shape index (κ1) is 18.3. The summed E-state index contributed by atoms with van der Waals surface area (Å²) >= 11 is 0. The van der Waals surface area contributed by atoms with E-state index in [-0.39, 0.29) is 29.4 Å². The summed E-state index contributed by atoms with van der Waals surface area (Å²) in [5.74, 6) is -0.403. The molecule has 0 unspecified atom stereocenters. The number of hydrogen-bond donors (Lipinski definition) is 1. The number of aryl methyl sites for hydroxylation is 1. The quantitative estimate of drug-likeness (QED) is 0.811. The lowest BCUT2D eigenvalue weighted by Gasteiger charge is -2.31. The van der Waals surface area contributed by atoms with E-state index in [0.29, 0.717) is 31.6 Å². The fourth-order valence-corrected chi connectivity index (χ4v) is 5.12. The molecule has 25 heavy (non-hydrogen) atoms. The van der Waals surface area contributed by atoms with E-state index in [0.717, 1.165) is 19.4 Å². The Bertz CT molecular complexity index is 724. The highest BCUT2D eigenvalue weighted by Crippen LogP contribution is 2.25. The third-order valence-electron chi connectivity index (χ3n) is 5.09. The maximum Gasteiger partial charge on any atom is 0.246 e. The van der Waals surface area contributed by atoms with Crippen molar-refractivity contribution in [2.45, 2.75) is 43.6 Å². The third-order valence-corrected chi connectivity index (χ3v) is 7.06. The third kappa shape index (κ3) is 3.88. The molecule has 1 aromatic heterocycles. The van der Waals surface area contributed by atoms with Gasteiger partial charge in [0, 0.05) is 33.3 Å². The molecular weight excluding hydrogens is 344 g/mol. The second-order valence-electron chi connectivity index (χ2n) is 6.80. The fourth-order valence-electron chi connectivity index (χ4n) is 3.41. The van der Waals surface area contributed by atoms with E-state index in [4.69, 9.17) is 4.74 Å². The Morgan fingerprint density at radius 3 is 2.84 bits per heavy atom. The molecule has 1 N–H and O–H groups in total. The van der Waals surface area contributed by atoms with Crippen LogP contribution >= 0.6 is 0 Å². The Hall–Kier alpha value is -1.45. The minimum Gasteiger partial charge on any atom is -0.376 e. The first-order valence-corrected chi connectivity index (χ1v) is 10.2. The van der Waals surface area contributed by atoms with Crippen molar-refractivity contribution in [3.05, 3.63) is 11.9 Å². The van der Waals surface area contributed by atoms with Gasteiger partial charge in [0.25, 0.3) is 0 Å². The second kappa shape index (κ2) is 7.43. The average molecular weight is 370 g/mol. The zero-order chi connectivity index (χ0) is 18.0. The van der Waals surface area contributed by atoms with Crippen molar-refractivity contribution >= 4 is 15.9 Å². The molecule has 9 heteroatoms. The number of rotatable bonds is 5. The van der Waals surface area contributed by atoms with Crippen molar-refractivity contribution in [2.24, 2.45) is 13.0 Å². The molecule has 2 atom stereocenters. The first-order valence-electron chi connectivity index (χ1n) is 8.77. The molecule has 0 aromatic carbocycles. The van der Waals surface area contributed by atoms with E-state index in [2.05, 4.69) is 10.4 Å². The lowest BCUT2D eigenvalue weighted by molar-refractivity contribution is -0.126. The summed E-state index contributed by atoms with van der Waals surface area (Å²) in [6, 6.07) is 0. The summed E-state index contributed by atoms with van der Waals surface area (Å²) in [4.78, 5) is 12.6. The number of aromatic nitrogens is 2. The minimum absolute atomic E-state index is 0.0849. The van der Waals surface area contributed by atoms with Crippen LogP contribution in [0.1, 0.15) is 31.4 Å². The van der Waals surface area contributed by atoms with E-state index in [1.54, 1.807) is 18.7 Å². The number of carbonyl (C=O) groups is 1. The van der Waals surface area contributed by atoms with Crippen molar-refractivity contribution in [2.75, 3.05) is 26.2 Å². The van der Waals surface area contributed by atoms with Gasteiger partial charge in [0.1, 0.15) is 4.90 Å². The molecule has 140 valence electrons. The molecule has 0 bridgehead atoms. The van der Waals surface area contributed by atoms with Crippen molar-refractivity contribution in [3.63, 3.8) is 0 Å². The smallest absolute Gasteiger partial charge is 0.246 e. The van der Waals surface area contributed by atoms with Crippen LogP contribution in [-0.2, 0) is 26.6 Å². The van der Waals surface area contributed by atoms with Gasteiger partial charge in [0.05, 0.1) is 23.9 Å². The van der Waals surface area contributed by atoms with Crippen LogP contribution in [0.3, 0.4) is 0 Å². The van der Waals surface area contributed by atoms with E-state index in [9.17, 15) is 13.2 Å². The average Bonchev–Trinajstić information content (AvgIpc) is 3.24. The molecule has 3 heterocycles. The predicted octanol–water partition coefficient (Wildman–Crippen LogP) is 0.424. The summed E-state index contributed by atoms with van der Waals surface area (Å²) in [6.07, 6.45) is 4.84. The second-order valence-corrected chi connectivity index (χ2v) is 8.71. The molecule has 0 saturated carbocycles. The number of piperidine rings is 1. The number of amides is 1. The number of nitrogens with zero attached hydrogens (tertiary/aromatic N) is 3. The Balaban J connectivity index is 1.64. The molecule has 8 nitrogen and oxygen atoms in total. The Labute approximate surface area is 148 Å². The predicted molar refractivity (Wildman–Crippen MR) is 91.4 cm³/mol. The highest BCUT2D eigenvalue weighted by atomic mass is 32.2. The van der Waals surface area contributed by atoms with Gasteiger partial charge in [-0.05, 0) is 32.6 Å². The monoisotopic (exact) mass is 370 g/mol. The number of ether oxygens (including phenoxy) is 1. The van der Waals surface area contributed by atoms with Gasteiger partial charge in [0.2, 0.25) is 15.9 Å². The van der Waals surface area contributed by atoms with Crippen LogP contribution in [0.2, 0.25) is 0 Å². The number of carbonyl (C=O) groups excluding carboxylic acids is 1. The van der Waals surface area contributed by atoms with E-state index in [1.807, 2.05) is 0 Å². The van der Waals surface area contributed by atoms with Gasteiger partial charge >= 0.3 is 0 Å². The fraction of sp³-hybridized carbons (Fsp3) is 0.750. The molecule has 0 radical (unpaired) electrons. The lowest BCUT2D eigenvalue weighted by atomic mass is 9.99. The van der Waals surface area contributed by atoms with Crippen LogP contribution in [0.5, 0.6) is 0 Å². The molecule has 2 aliphatic heterocycles. The summed E-state index contributed by atoms with van der Waals surface area (Å²) in [6.45, 7) is 3.64. The summed E-state index contributed by atoms with van der Waals surface area (Å²) in [5.41, 5.74) is 0.602. The van der Waals surface area contributed by atoms with Gasteiger partial charge in [-0.1, -0.05) is 0 Å². The zero-order valence-corrected chi connectivity index (χ0v) is 15.6. The summed E-state index contributed by atoms with van der Waals surface area (Å²) in [7, 11) is -1.91. The standard InChI is InChI=1S/C16H26N4O4S/c1-12-15(10-18-19(12)2)25(22,23)20-7-3-5-13(11-20)16(21)17-9-14-6-4-8-24-14/h10,13-14H,3-9,11H2,1-2H3,(H,17,21)/t13-,14+/m1/s1. The van der Waals surface area contributed by atoms with Crippen LogP contribution < -0.4 is 5.32 Å². The highest BCUT2D eigenvalue weighted by Gasteiger charge is 2.35. The molecule has 3 rings (SSSR count). The van der Waals surface area contributed by atoms with Gasteiger partial charge in [-0.25, -0.2) is 8.42 Å². The van der Waals surface area contributed by atoms with Crippen LogP contribution in [0, 0.1) is 12.8 Å². The maximum absolute atomic E-state index is 12.9. The summed E-state index contributed by atoms with van der Waals surface area (Å²) in [5, 5.41) is 6.94. The number of hydrogen-bond acceptors (Lipinski definition) is 5. The summed E-state index contributed by atoms with van der Waals surface area (Å²) < 4.78 is 34.2. The van der Waals surface area contributed by atoms with Gasteiger partial charge in [-0.15, -0.1) is 0 Å². The molecule has 1 aromatic rings. The van der Waals surface area contributed by atoms with Gasteiger partial charge < -0.3 is 10.1 Å². The highest BCUT2D eigenvalue weighted by molar-refractivity contribution is 7.89. The molecule has 0 spiro atoms. The molecular formula is C16H26N4O4S. The van der Waals surface area contributed by atoms with Crippen LogP contribution in [0.25, 0.3) is 0 Å². The van der Waals surface area contributed by atoms with Gasteiger partial charge in [0.15, 0.2) is 0 Å². The van der Waals surface area contributed by atoms with E-state index in [1.165, 1.54) is 10.5 Å². The minimum atomic E-state index is -3.62. The Morgan fingerprint density at radius 1 is 1.40 bits per heavy atom. The number of nitrogens with one attached hydrogen (secondary N) is 1. The van der Waals surface area contributed by atoms with Crippen LogP contribution in [0.15, 0.2) is 11.1 Å².